The molecule has 2 aliphatic carbocycles. The average Bonchev–Trinajstić information content (AvgIpc) is 3.16. The lowest BCUT2D eigenvalue weighted by Gasteiger charge is -2.34. The Bertz CT molecular complexity index is 878. The van der Waals surface area contributed by atoms with Crippen molar-refractivity contribution in [2.24, 2.45) is 5.92 Å². The predicted octanol–water partition coefficient (Wildman–Crippen LogP) is 6.43. The molecule has 2 aromatic rings. The van der Waals surface area contributed by atoms with Crippen molar-refractivity contribution >= 4 is 16.9 Å². The van der Waals surface area contributed by atoms with Gasteiger partial charge in [0.2, 0.25) is 5.91 Å². The molecule has 2 aliphatic rings. The molecule has 0 bridgehead atoms. The summed E-state index contributed by atoms with van der Waals surface area (Å²) in [5.41, 5.74) is 1.68. The van der Waals surface area contributed by atoms with Crippen molar-refractivity contribution in [2.75, 3.05) is 6.54 Å². The Labute approximate surface area is 186 Å². The molecule has 0 radical (unpaired) electrons. The van der Waals surface area contributed by atoms with Gasteiger partial charge in [-0.05, 0) is 69.6 Å². The monoisotopic (exact) mass is 427 g/mol. The van der Waals surface area contributed by atoms with E-state index in [1.54, 1.807) is 12.1 Å². The van der Waals surface area contributed by atoms with Crippen LogP contribution in [0, 0.1) is 11.7 Å². The van der Waals surface area contributed by atoms with Crippen LogP contribution in [-0.4, -0.2) is 32.9 Å². The van der Waals surface area contributed by atoms with E-state index in [1.807, 2.05) is 0 Å². The lowest BCUT2D eigenvalue weighted by molar-refractivity contribution is -0.134. The number of hydrogen-bond acceptors (Lipinski definition) is 2. The minimum atomic E-state index is -0.237. The fourth-order valence-electron chi connectivity index (χ4n) is 5.87. The van der Waals surface area contributed by atoms with Crippen LogP contribution in [0.2, 0.25) is 0 Å². The van der Waals surface area contributed by atoms with Gasteiger partial charge in [-0.15, -0.1) is 0 Å². The fourth-order valence-corrected chi connectivity index (χ4v) is 5.87. The summed E-state index contributed by atoms with van der Waals surface area (Å²) in [6.07, 6.45) is 12.5. The van der Waals surface area contributed by atoms with Crippen molar-refractivity contribution in [2.45, 2.75) is 103 Å². The number of halogens is 1. The fraction of sp³-hybridized carbons (Fsp3) is 0.692. The highest BCUT2D eigenvalue weighted by Crippen LogP contribution is 2.38. The summed E-state index contributed by atoms with van der Waals surface area (Å²) in [4.78, 5) is 20.2. The first-order chi connectivity index (χ1) is 15.1. The molecule has 0 aliphatic heterocycles. The molecule has 5 heteroatoms. The topological polar surface area (TPSA) is 38.1 Å². The molecule has 2 fully saturated rings. The number of nitrogens with zero attached hydrogens (tertiary/aromatic N) is 3. The van der Waals surface area contributed by atoms with E-state index in [-0.39, 0.29) is 11.7 Å². The Hall–Kier alpha value is -1.91. The van der Waals surface area contributed by atoms with Gasteiger partial charge in [-0.25, -0.2) is 9.37 Å². The minimum Gasteiger partial charge on any atom is -0.340 e. The number of carbonyl (C=O) groups excluding carboxylic acids is 1. The molecule has 4 rings (SSSR count). The van der Waals surface area contributed by atoms with Gasteiger partial charge in [-0.1, -0.05) is 32.6 Å². The largest absolute Gasteiger partial charge is 0.340 e. The number of aromatic nitrogens is 2. The number of benzene rings is 1. The molecule has 0 unspecified atom stereocenters. The third kappa shape index (κ3) is 4.96. The molecule has 0 N–H and O–H groups in total. The lowest BCUT2D eigenvalue weighted by atomic mass is 9.80. The van der Waals surface area contributed by atoms with Crippen LogP contribution in [0.5, 0.6) is 0 Å². The number of aryl methyl sites for hydroxylation is 1. The Morgan fingerprint density at radius 1 is 1.10 bits per heavy atom. The molecular formula is C26H38FN3O. The molecule has 2 saturated carbocycles. The molecule has 0 saturated heterocycles. The molecule has 1 aromatic heterocycles. The van der Waals surface area contributed by atoms with E-state index in [9.17, 15) is 9.18 Å². The Balaban J connectivity index is 1.54. The second-order valence-electron chi connectivity index (χ2n) is 9.60. The van der Waals surface area contributed by atoms with Gasteiger partial charge < -0.3 is 9.47 Å². The first-order valence-corrected chi connectivity index (χ1v) is 12.6. The van der Waals surface area contributed by atoms with Crippen LogP contribution in [0.25, 0.3) is 11.0 Å². The van der Waals surface area contributed by atoms with Gasteiger partial charge in [0.05, 0.1) is 11.0 Å². The molecule has 1 amide bonds. The van der Waals surface area contributed by atoms with E-state index < -0.39 is 0 Å². The van der Waals surface area contributed by atoms with Crippen LogP contribution in [0.15, 0.2) is 18.2 Å². The Morgan fingerprint density at radius 3 is 2.52 bits per heavy atom. The summed E-state index contributed by atoms with van der Waals surface area (Å²) in [5, 5.41) is 0. The van der Waals surface area contributed by atoms with Crippen LogP contribution < -0.4 is 0 Å². The molecular weight excluding hydrogens is 389 g/mol. The van der Waals surface area contributed by atoms with E-state index in [2.05, 4.69) is 23.3 Å². The number of hydrogen-bond donors (Lipinski definition) is 0. The van der Waals surface area contributed by atoms with Gasteiger partial charge in [-0.3, -0.25) is 4.79 Å². The summed E-state index contributed by atoms with van der Waals surface area (Å²) in [6, 6.07) is 5.26. The summed E-state index contributed by atoms with van der Waals surface area (Å²) < 4.78 is 16.2. The van der Waals surface area contributed by atoms with Gasteiger partial charge in [0, 0.05) is 31.5 Å². The van der Waals surface area contributed by atoms with Crippen molar-refractivity contribution in [3.63, 3.8) is 0 Å². The van der Waals surface area contributed by atoms with E-state index in [4.69, 9.17) is 4.98 Å². The zero-order valence-corrected chi connectivity index (χ0v) is 19.3. The molecule has 170 valence electrons. The first-order valence-electron chi connectivity index (χ1n) is 12.6. The smallest absolute Gasteiger partial charge is 0.224 e. The van der Waals surface area contributed by atoms with Crippen LogP contribution in [0.3, 0.4) is 0 Å². The zero-order chi connectivity index (χ0) is 21.8. The van der Waals surface area contributed by atoms with Crippen LogP contribution in [0.4, 0.5) is 4.39 Å². The van der Waals surface area contributed by atoms with Gasteiger partial charge >= 0.3 is 0 Å². The van der Waals surface area contributed by atoms with Gasteiger partial charge in [0.15, 0.2) is 0 Å². The number of imidazole rings is 1. The maximum atomic E-state index is 14.1. The molecule has 1 heterocycles. The summed E-state index contributed by atoms with van der Waals surface area (Å²) in [5.74, 6) is 2.28. The van der Waals surface area contributed by atoms with E-state index in [1.165, 1.54) is 44.6 Å². The highest BCUT2D eigenvalue weighted by atomic mass is 19.1. The highest BCUT2D eigenvalue weighted by Gasteiger charge is 2.28. The number of fused-ring (bicyclic) bond motifs is 1. The minimum absolute atomic E-state index is 0.230. The maximum Gasteiger partial charge on any atom is 0.224 e. The molecule has 31 heavy (non-hydrogen) atoms. The van der Waals surface area contributed by atoms with Crippen LogP contribution in [0.1, 0.15) is 96.2 Å². The predicted molar refractivity (Wildman–Crippen MR) is 124 cm³/mol. The third-order valence-electron chi connectivity index (χ3n) is 7.75. The highest BCUT2D eigenvalue weighted by molar-refractivity contribution is 5.78. The lowest BCUT2D eigenvalue weighted by Crippen LogP contribution is -2.41. The standard InChI is InChI=1S/C26H38FN3O/c1-3-19-10-12-20(13-11-19)26-28-23-15-14-21(27)18-24(23)30(26)17-16-25(31)29(4-2)22-8-6-5-7-9-22/h14-15,18-20,22H,3-13,16-17H2,1-2H3. The van der Waals surface area contributed by atoms with Crippen LogP contribution >= 0.6 is 0 Å². The first kappa shape index (κ1) is 22.3. The molecule has 1 aromatic carbocycles. The summed E-state index contributed by atoms with van der Waals surface area (Å²) in [7, 11) is 0. The SMILES string of the molecule is CCC1CCC(c2nc3ccc(F)cc3n2CCC(=O)N(CC)C2CCCCC2)CC1. The Morgan fingerprint density at radius 2 is 1.84 bits per heavy atom. The summed E-state index contributed by atoms with van der Waals surface area (Å²) >= 11 is 0. The van der Waals surface area contributed by atoms with E-state index in [0.29, 0.717) is 24.9 Å². The molecule has 0 spiro atoms. The normalized spacial score (nSPS) is 22.7. The van der Waals surface area contributed by atoms with Crippen molar-refractivity contribution in [1.82, 2.24) is 14.5 Å². The van der Waals surface area contributed by atoms with E-state index in [0.717, 1.165) is 55.0 Å². The van der Waals surface area contributed by atoms with E-state index >= 15 is 0 Å². The Kier molecular flexibility index (Phi) is 7.29. The average molecular weight is 428 g/mol. The summed E-state index contributed by atoms with van der Waals surface area (Å²) in [6.45, 7) is 5.73. The number of carbonyl (C=O) groups is 1. The van der Waals surface area contributed by atoms with Gasteiger partial charge in [0.25, 0.3) is 0 Å². The maximum absolute atomic E-state index is 14.1. The van der Waals surface area contributed by atoms with Crippen molar-refractivity contribution in [1.29, 1.82) is 0 Å². The van der Waals surface area contributed by atoms with Crippen molar-refractivity contribution in [3.8, 4) is 0 Å². The number of amides is 1. The number of rotatable bonds is 7. The van der Waals surface area contributed by atoms with Crippen LogP contribution in [-0.2, 0) is 11.3 Å². The quantitative estimate of drug-likeness (QED) is 0.510. The third-order valence-corrected chi connectivity index (χ3v) is 7.75. The second kappa shape index (κ2) is 10.1. The zero-order valence-electron chi connectivity index (χ0n) is 19.3. The van der Waals surface area contributed by atoms with Gasteiger partial charge in [-0.2, -0.15) is 0 Å². The van der Waals surface area contributed by atoms with Gasteiger partial charge in [0.1, 0.15) is 11.6 Å². The molecule has 0 atom stereocenters. The second-order valence-corrected chi connectivity index (χ2v) is 9.60. The van der Waals surface area contributed by atoms with Crippen molar-refractivity contribution < 1.29 is 9.18 Å². The molecule has 4 nitrogen and oxygen atoms in total. The van der Waals surface area contributed by atoms with Crippen molar-refractivity contribution in [3.05, 3.63) is 29.8 Å².